The molecule has 3 unspecified atom stereocenters. The monoisotopic (exact) mass is 400 g/mol. The van der Waals surface area contributed by atoms with Crippen LogP contribution in [0, 0.1) is 5.92 Å². The Morgan fingerprint density at radius 1 is 0.893 bits per heavy atom. The van der Waals surface area contributed by atoms with E-state index in [9.17, 15) is 25.2 Å². The first-order chi connectivity index (χ1) is 13.3. The minimum atomic E-state index is -0.907. The van der Waals surface area contributed by atoms with Crippen molar-refractivity contribution in [3.05, 3.63) is 24.3 Å². The molecule has 0 aliphatic rings. The number of carbonyl (C=O) groups is 1. The van der Waals surface area contributed by atoms with E-state index in [1.165, 1.54) is 0 Å². The van der Waals surface area contributed by atoms with Crippen molar-refractivity contribution in [1.82, 2.24) is 0 Å². The molecule has 0 spiro atoms. The number of aliphatic carboxylic acids is 1. The highest BCUT2D eigenvalue weighted by atomic mass is 16.4. The SMILES string of the molecule is CCC/C=C/CC(O)C[N+](CCO)(CC(O)C/C=C/CCC)CC(C)C(=O)O. The molecule has 6 nitrogen and oxygen atoms in total. The number of aliphatic hydroxyl groups excluding tert-OH is 3. The van der Waals surface area contributed by atoms with E-state index in [4.69, 9.17) is 0 Å². The maximum atomic E-state index is 11.4. The van der Waals surface area contributed by atoms with E-state index in [-0.39, 0.29) is 17.6 Å². The van der Waals surface area contributed by atoms with Crippen LogP contribution in [-0.2, 0) is 4.79 Å². The summed E-state index contributed by atoms with van der Waals surface area (Å²) in [6.07, 6.45) is 11.7. The van der Waals surface area contributed by atoms with Crippen LogP contribution in [-0.4, -0.2) is 75.9 Å². The predicted octanol–water partition coefficient (Wildman–Crippen LogP) is 2.73. The van der Waals surface area contributed by atoms with Gasteiger partial charge in [-0.3, -0.25) is 4.79 Å². The third-order valence-electron chi connectivity index (χ3n) is 4.91. The van der Waals surface area contributed by atoms with Crippen LogP contribution in [0.15, 0.2) is 24.3 Å². The number of hydrogen-bond acceptors (Lipinski definition) is 4. The van der Waals surface area contributed by atoms with Crippen LogP contribution in [0.2, 0.25) is 0 Å². The molecule has 3 atom stereocenters. The summed E-state index contributed by atoms with van der Waals surface area (Å²) < 4.78 is 0.190. The zero-order valence-corrected chi connectivity index (χ0v) is 18.0. The number of unbranched alkanes of at least 4 members (excludes halogenated alkanes) is 2. The molecule has 0 bridgehead atoms. The van der Waals surface area contributed by atoms with E-state index in [1.807, 2.05) is 24.3 Å². The second-order valence-corrected chi connectivity index (χ2v) is 7.88. The van der Waals surface area contributed by atoms with E-state index >= 15 is 0 Å². The summed E-state index contributed by atoms with van der Waals surface area (Å²) in [5.41, 5.74) is 0. The first kappa shape index (κ1) is 26.8. The Morgan fingerprint density at radius 2 is 1.36 bits per heavy atom. The second-order valence-electron chi connectivity index (χ2n) is 7.88. The number of quaternary nitrogens is 1. The maximum Gasteiger partial charge on any atom is 0.311 e. The van der Waals surface area contributed by atoms with Gasteiger partial charge in [-0.2, -0.15) is 0 Å². The zero-order valence-electron chi connectivity index (χ0n) is 18.0. The normalized spacial score (nSPS) is 17.6. The molecule has 0 rings (SSSR count). The summed E-state index contributed by atoms with van der Waals surface area (Å²) in [7, 11) is 0. The third-order valence-corrected chi connectivity index (χ3v) is 4.91. The Bertz CT molecular complexity index is 438. The Labute approximate surface area is 170 Å². The first-order valence-corrected chi connectivity index (χ1v) is 10.6. The largest absolute Gasteiger partial charge is 0.481 e. The molecular weight excluding hydrogens is 358 g/mol. The smallest absolute Gasteiger partial charge is 0.311 e. The highest BCUT2D eigenvalue weighted by molar-refractivity contribution is 5.69. The third kappa shape index (κ3) is 12.3. The van der Waals surface area contributed by atoms with E-state index in [0.29, 0.717) is 32.5 Å². The quantitative estimate of drug-likeness (QED) is 0.222. The number of rotatable bonds is 17. The van der Waals surface area contributed by atoms with Crippen LogP contribution >= 0.6 is 0 Å². The van der Waals surface area contributed by atoms with Crippen molar-refractivity contribution in [3.63, 3.8) is 0 Å². The van der Waals surface area contributed by atoms with Gasteiger partial charge in [-0.1, -0.05) is 51.0 Å². The molecule has 0 aromatic heterocycles. The Morgan fingerprint density at radius 3 is 1.71 bits per heavy atom. The second kappa shape index (κ2) is 15.7. The molecule has 0 aliphatic heterocycles. The van der Waals surface area contributed by atoms with Gasteiger partial charge in [-0.25, -0.2) is 0 Å². The minimum absolute atomic E-state index is 0.122. The van der Waals surface area contributed by atoms with Crippen LogP contribution in [0.4, 0.5) is 0 Å². The van der Waals surface area contributed by atoms with Gasteiger partial charge in [0.15, 0.2) is 0 Å². The standard InChI is InChI=1S/C22H41NO5/c1-4-6-8-10-12-20(25)17-23(14-15-24,16-19(3)22(27)28)18-21(26)13-11-9-7-5-2/h8-11,19-21,24-26H,4-7,12-18H2,1-3H3/p+1/b10-8+,11-9+. The van der Waals surface area contributed by atoms with E-state index in [1.54, 1.807) is 6.92 Å². The van der Waals surface area contributed by atoms with Gasteiger partial charge < -0.3 is 24.9 Å². The Kier molecular flexibility index (Phi) is 15.0. The zero-order chi connectivity index (χ0) is 21.4. The molecule has 0 saturated carbocycles. The Hall–Kier alpha value is -1.21. The summed E-state index contributed by atoms with van der Waals surface area (Å²) in [6.45, 7) is 6.89. The summed E-state index contributed by atoms with van der Waals surface area (Å²) in [5.74, 6) is -1.53. The molecule has 0 saturated heterocycles. The van der Waals surface area contributed by atoms with Crippen molar-refractivity contribution < 1.29 is 29.7 Å². The molecule has 164 valence electrons. The summed E-state index contributed by atoms with van der Waals surface area (Å²) >= 11 is 0. The molecule has 4 N–H and O–H groups in total. The van der Waals surface area contributed by atoms with Crippen LogP contribution < -0.4 is 0 Å². The van der Waals surface area contributed by atoms with Crippen LogP contribution in [0.1, 0.15) is 59.3 Å². The van der Waals surface area contributed by atoms with Gasteiger partial charge in [-0.05, 0) is 32.6 Å². The van der Waals surface area contributed by atoms with Crippen molar-refractivity contribution in [3.8, 4) is 0 Å². The fourth-order valence-electron chi connectivity index (χ4n) is 3.49. The molecular formula is C22H42NO5+. The molecule has 6 heteroatoms. The average Bonchev–Trinajstić information content (AvgIpc) is 2.62. The highest BCUT2D eigenvalue weighted by Crippen LogP contribution is 2.18. The highest BCUT2D eigenvalue weighted by Gasteiger charge is 2.35. The van der Waals surface area contributed by atoms with Crippen molar-refractivity contribution >= 4 is 5.97 Å². The topological polar surface area (TPSA) is 98.0 Å². The van der Waals surface area contributed by atoms with E-state index in [0.717, 1.165) is 25.7 Å². The fraction of sp³-hybridized carbons (Fsp3) is 0.773. The lowest BCUT2D eigenvalue weighted by Crippen LogP contribution is -2.59. The van der Waals surface area contributed by atoms with Crippen molar-refractivity contribution in [2.75, 3.05) is 32.8 Å². The summed E-state index contributed by atoms with van der Waals surface area (Å²) in [6, 6.07) is 0. The molecule has 0 heterocycles. The number of allylic oxidation sites excluding steroid dienone is 2. The molecule has 28 heavy (non-hydrogen) atoms. The van der Waals surface area contributed by atoms with Crippen molar-refractivity contribution in [2.24, 2.45) is 5.92 Å². The van der Waals surface area contributed by atoms with E-state index in [2.05, 4.69) is 13.8 Å². The average molecular weight is 401 g/mol. The minimum Gasteiger partial charge on any atom is -0.481 e. The van der Waals surface area contributed by atoms with Gasteiger partial charge in [0.05, 0.1) is 13.2 Å². The van der Waals surface area contributed by atoms with Gasteiger partial charge in [0.1, 0.15) is 37.8 Å². The van der Waals surface area contributed by atoms with Gasteiger partial charge >= 0.3 is 5.97 Å². The lowest BCUT2D eigenvalue weighted by Gasteiger charge is -2.42. The van der Waals surface area contributed by atoms with Gasteiger partial charge in [0.25, 0.3) is 0 Å². The lowest BCUT2D eigenvalue weighted by atomic mass is 10.1. The van der Waals surface area contributed by atoms with Gasteiger partial charge in [0.2, 0.25) is 0 Å². The van der Waals surface area contributed by atoms with Crippen LogP contribution in [0.3, 0.4) is 0 Å². The molecule has 0 amide bonds. The van der Waals surface area contributed by atoms with Crippen LogP contribution in [0.5, 0.6) is 0 Å². The van der Waals surface area contributed by atoms with E-state index < -0.39 is 24.1 Å². The van der Waals surface area contributed by atoms with Gasteiger partial charge in [0, 0.05) is 0 Å². The number of carboxylic acid groups (broad SMARTS) is 1. The Balaban J connectivity index is 5.24. The maximum absolute atomic E-state index is 11.4. The van der Waals surface area contributed by atoms with Gasteiger partial charge in [-0.15, -0.1) is 0 Å². The molecule has 0 radical (unpaired) electrons. The van der Waals surface area contributed by atoms with Crippen LogP contribution in [0.25, 0.3) is 0 Å². The summed E-state index contributed by atoms with van der Waals surface area (Å²) in [5, 5.41) is 40.0. The number of aliphatic hydroxyl groups is 3. The number of nitrogens with zero attached hydrogens (tertiary/aromatic N) is 1. The molecule has 0 aromatic carbocycles. The number of hydrogen-bond donors (Lipinski definition) is 4. The molecule has 0 aromatic rings. The molecule has 0 aliphatic carbocycles. The predicted molar refractivity (Wildman–Crippen MR) is 113 cm³/mol. The molecule has 0 fully saturated rings. The summed E-state index contributed by atoms with van der Waals surface area (Å²) in [4.78, 5) is 11.4. The van der Waals surface area contributed by atoms with Crippen molar-refractivity contribution in [2.45, 2.75) is 71.5 Å². The lowest BCUT2D eigenvalue weighted by molar-refractivity contribution is -0.935. The van der Waals surface area contributed by atoms with Crippen molar-refractivity contribution in [1.29, 1.82) is 0 Å². The first-order valence-electron chi connectivity index (χ1n) is 10.6. The fourth-order valence-corrected chi connectivity index (χ4v) is 3.49. The number of carboxylic acids is 1.